The van der Waals surface area contributed by atoms with E-state index in [4.69, 9.17) is 10.9 Å². The van der Waals surface area contributed by atoms with Gasteiger partial charge >= 0.3 is 0 Å². The molecule has 1 saturated heterocycles. The standard InChI is InChI=1S/C13H19N3O2S/c14-11-4-5-12(13(6-11)19(15,17)18)16-7-9-2-1-3-10(9)8-16/h4-6,9-10H,1-3,7-8,14H2,(H2,15,17,18). The Hall–Kier alpha value is -1.27. The van der Waals surface area contributed by atoms with Gasteiger partial charge in [0.15, 0.2) is 0 Å². The smallest absolute Gasteiger partial charge is 0.240 e. The maximum absolute atomic E-state index is 11.7. The lowest BCUT2D eigenvalue weighted by molar-refractivity contribution is 0.494. The van der Waals surface area contributed by atoms with Crippen molar-refractivity contribution < 1.29 is 8.42 Å². The molecule has 104 valence electrons. The second-order valence-electron chi connectivity index (χ2n) is 5.63. The maximum atomic E-state index is 11.7. The first kappa shape index (κ1) is 12.7. The molecular weight excluding hydrogens is 262 g/mol. The maximum Gasteiger partial charge on any atom is 0.240 e. The lowest BCUT2D eigenvalue weighted by Gasteiger charge is -2.22. The van der Waals surface area contributed by atoms with Crippen LogP contribution >= 0.6 is 0 Å². The summed E-state index contributed by atoms with van der Waals surface area (Å²) >= 11 is 0. The molecule has 4 N–H and O–H groups in total. The predicted molar refractivity (Wildman–Crippen MR) is 75.3 cm³/mol. The Kier molecular flexibility index (Phi) is 2.94. The summed E-state index contributed by atoms with van der Waals surface area (Å²) in [7, 11) is -3.74. The molecule has 3 rings (SSSR count). The van der Waals surface area contributed by atoms with Crippen LogP contribution in [0.5, 0.6) is 0 Å². The van der Waals surface area contributed by atoms with E-state index in [9.17, 15) is 8.42 Å². The molecule has 0 radical (unpaired) electrons. The minimum absolute atomic E-state index is 0.146. The molecule has 0 spiro atoms. The first-order valence-corrected chi connectivity index (χ1v) is 8.17. The summed E-state index contributed by atoms with van der Waals surface area (Å²) in [5, 5.41) is 5.30. The van der Waals surface area contributed by atoms with E-state index in [-0.39, 0.29) is 4.90 Å². The summed E-state index contributed by atoms with van der Waals surface area (Å²) < 4.78 is 23.4. The van der Waals surface area contributed by atoms with Crippen molar-refractivity contribution in [2.75, 3.05) is 23.7 Å². The summed E-state index contributed by atoms with van der Waals surface area (Å²) in [6, 6.07) is 4.97. The Bertz CT molecular complexity index is 588. The van der Waals surface area contributed by atoms with Crippen molar-refractivity contribution >= 4 is 21.4 Å². The van der Waals surface area contributed by atoms with Crippen LogP contribution in [-0.4, -0.2) is 21.5 Å². The van der Waals surface area contributed by atoms with Gasteiger partial charge < -0.3 is 10.6 Å². The molecule has 1 aromatic carbocycles. The van der Waals surface area contributed by atoms with Gasteiger partial charge in [0.05, 0.1) is 5.69 Å². The SMILES string of the molecule is Nc1ccc(N2CC3CCCC3C2)c(S(N)(=O)=O)c1. The number of anilines is 2. The minimum atomic E-state index is -3.74. The van der Waals surface area contributed by atoms with E-state index >= 15 is 0 Å². The summed E-state index contributed by atoms with van der Waals surface area (Å²) in [5.41, 5.74) is 6.80. The molecule has 0 aromatic heterocycles. The number of hydrogen-bond donors (Lipinski definition) is 2. The quantitative estimate of drug-likeness (QED) is 0.796. The zero-order valence-corrected chi connectivity index (χ0v) is 11.6. The molecule has 2 fully saturated rings. The van der Waals surface area contributed by atoms with Gasteiger partial charge in [-0.05, 0) is 42.9 Å². The number of primary sulfonamides is 1. The molecule has 1 saturated carbocycles. The molecule has 1 aliphatic carbocycles. The van der Waals surface area contributed by atoms with Crippen molar-refractivity contribution in [2.24, 2.45) is 17.0 Å². The van der Waals surface area contributed by atoms with E-state index in [0.717, 1.165) is 13.1 Å². The second-order valence-corrected chi connectivity index (χ2v) is 7.16. The first-order valence-electron chi connectivity index (χ1n) is 6.62. The Morgan fingerprint density at radius 3 is 2.37 bits per heavy atom. The third-order valence-corrected chi connectivity index (χ3v) is 5.30. The van der Waals surface area contributed by atoms with Crippen molar-refractivity contribution in [3.8, 4) is 0 Å². The van der Waals surface area contributed by atoms with Gasteiger partial charge in [-0.3, -0.25) is 0 Å². The van der Waals surface area contributed by atoms with E-state index in [1.165, 1.54) is 25.3 Å². The third kappa shape index (κ3) is 2.30. The van der Waals surface area contributed by atoms with Crippen LogP contribution in [0.1, 0.15) is 19.3 Å². The molecule has 0 bridgehead atoms. The Balaban J connectivity index is 1.97. The van der Waals surface area contributed by atoms with Crippen molar-refractivity contribution in [3.05, 3.63) is 18.2 Å². The molecule has 19 heavy (non-hydrogen) atoms. The lowest BCUT2D eigenvalue weighted by atomic mass is 10.0. The summed E-state index contributed by atoms with van der Waals surface area (Å²) in [4.78, 5) is 2.29. The summed E-state index contributed by atoms with van der Waals surface area (Å²) in [5.74, 6) is 1.40. The van der Waals surface area contributed by atoms with Crippen LogP contribution in [0.25, 0.3) is 0 Å². The number of nitrogens with two attached hydrogens (primary N) is 2. The van der Waals surface area contributed by atoms with Gasteiger partial charge in [-0.2, -0.15) is 0 Å². The monoisotopic (exact) mass is 281 g/mol. The highest BCUT2D eigenvalue weighted by atomic mass is 32.2. The molecule has 6 heteroatoms. The number of rotatable bonds is 2. The van der Waals surface area contributed by atoms with E-state index in [1.807, 2.05) is 0 Å². The molecule has 1 heterocycles. The van der Waals surface area contributed by atoms with Crippen LogP contribution in [-0.2, 0) is 10.0 Å². The number of nitrogen functional groups attached to an aromatic ring is 1. The molecule has 2 aliphatic rings. The zero-order valence-electron chi connectivity index (χ0n) is 10.7. The average Bonchev–Trinajstić information content (AvgIpc) is 2.87. The topological polar surface area (TPSA) is 89.4 Å². The van der Waals surface area contributed by atoms with Crippen LogP contribution < -0.4 is 15.8 Å². The lowest BCUT2D eigenvalue weighted by Crippen LogP contribution is -2.25. The van der Waals surface area contributed by atoms with E-state index in [0.29, 0.717) is 23.2 Å². The molecule has 5 nitrogen and oxygen atoms in total. The van der Waals surface area contributed by atoms with Gasteiger partial charge in [-0.15, -0.1) is 0 Å². The Labute approximate surface area is 113 Å². The predicted octanol–water partition coefficient (Wildman–Crippen LogP) is 1.15. The van der Waals surface area contributed by atoms with Crippen molar-refractivity contribution in [2.45, 2.75) is 24.2 Å². The highest BCUT2D eigenvalue weighted by Gasteiger charge is 2.37. The number of fused-ring (bicyclic) bond motifs is 1. The van der Waals surface area contributed by atoms with Gasteiger partial charge in [-0.25, -0.2) is 13.6 Å². The molecule has 1 aromatic rings. The largest absolute Gasteiger partial charge is 0.399 e. The third-order valence-electron chi connectivity index (χ3n) is 4.36. The van der Waals surface area contributed by atoms with Gasteiger partial charge in [-0.1, -0.05) is 6.42 Å². The fraction of sp³-hybridized carbons (Fsp3) is 0.538. The Morgan fingerprint density at radius 2 is 1.79 bits per heavy atom. The first-order chi connectivity index (χ1) is 8.95. The molecular formula is C13H19N3O2S. The van der Waals surface area contributed by atoms with Gasteiger partial charge in [0.25, 0.3) is 0 Å². The van der Waals surface area contributed by atoms with Crippen molar-refractivity contribution in [1.29, 1.82) is 0 Å². The molecule has 2 atom stereocenters. The van der Waals surface area contributed by atoms with Gasteiger partial charge in [0, 0.05) is 18.8 Å². The molecule has 1 aliphatic heterocycles. The van der Waals surface area contributed by atoms with Crippen LogP contribution in [0.15, 0.2) is 23.1 Å². The second kappa shape index (κ2) is 4.38. The number of nitrogens with zero attached hydrogens (tertiary/aromatic N) is 1. The molecule has 2 unspecified atom stereocenters. The van der Waals surface area contributed by atoms with Crippen molar-refractivity contribution in [1.82, 2.24) is 0 Å². The van der Waals surface area contributed by atoms with E-state index in [1.54, 1.807) is 12.1 Å². The number of benzene rings is 1. The van der Waals surface area contributed by atoms with Crippen LogP contribution in [0, 0.1) is 11.8 Å². The van der Waals surface area contributed by atoms with Crippen LogP contribution in [0.4, 0.5) is 11.4 Å². The normalized spacial score (nSPS) is 26.7. The van der Waals surface area contributed by atoms with Crippen LogP contribution in [0.2, 0.25) is 0 Å². The number of hydrogen-bond acceptors (Lipinski definition) is 4. The fourth-order valence-corrected chi connectivity index (χ4v) is 4.24. The Morgan fingerprint density at radius 1 is 1.16 bits per heavy atom. The van der Waals surface area contributed by atoms with E-state index < -0.39 is 10.0 Å². The minimum Gasteiger partial charge on any atom is -0.399 e. The highest BCUT2D eigenvalue weighted by molar-refractivity contribution is 7.89. The molecule has 0 amide bonds. The van der Waals surface area contributed by atoms with E-state index in [2.05, 4.69) is 4.90 Å². The summed E-state index contributed by atoms with van der Waals surface area (Å²) in [6.07, 6.45) is 3.80. The van der Waals surface area contributed by atoms with Gasteiger partial charge in [0.1, 0.15) is 4.90 Å². The van der Waals surface area contributed by atoms with Crippen molar-refractivity contribution in [3.63, 3.8) is 0 Å². The average molecular weight is 281 g/mol. The fourth-order valence-electron chi connectivity index (χ4n) is 3.45. The van der Waals surface area contributed by atoms with Gasteiger partial charge in [0.2, 0.25) is 10.0 Å². The summed E-state index contributed by atoms with van der Waals surface area (Å²) in [6.45, 7) is 1.86. The van der Waals surface area contributed by atoms with Crippen LogP contribution in [0.3, 0.4) is 0 Å². The number of sulfonamides is 1. The highest BCUT2D eigenvalue weighted by Crippen LogP contribution is 2.41. The zero-order chi connectivity index (χ0) is 13.6.